The van der Waals surface area contributed by atoms with Crippen molar-refractivity contribution in [2.24, 2.45) is 29.6 Å². The van der Waals surface area contributed by atoms with E-state index in [-0.39, 0.29) is 61.4 Å². The standard InChI is InChI=1S/C41H59N5O8S/c1-4-31-22-41(31,39(50)43-55(52,53)33-16-17-33)42-37(48)35-20-32-25-46(35)38(49)34(28-12-8-5-9-13-28)21-36(47)45(26(2)3)18-10-6-7-11-27-14-15-29-23-44(40(51)54-32)24-30(29)19-27/h4,14-15,19,26,28-35H,1,5-13,16-18,20-25H2,2-3H3,(H,42,48)(H,43,50)/t29?,30?,31-,32-,34+,35+,41-/m1/s1. The number of carbonyl (C=O) groups excluding carboxylic acids is 5. The third-order valence-corrected chi connectivity index (χ3v) is 15.1. The number of hydrogen-bond donors (Lipinski definition) is 2. The summed E-state index contributed by atoms with van der Waals surface area (Å²) in [7, 11) is -3.89. The van der Waals surface area contributed by atoms with Crippen LogP contribution in [0.25, 0.3) is 0 Å². The van der Waals surface area contributed by atoms with Crippen molar-refractivity contribution in [1.29, 1.82) is 0 Å². The molecule has 2 saturated heterocycles. The molecule has 13 nitrogen and oxygen atoms in total. The molecule has 5 amide bonds. The van der Waals surface area contributed by atoms with Gasteiger partial charge in [0.15, 0.2) is 0 Å². The van der Waals surface area contributed by atoms with Crippen LogP contribution in [0, 0.1) is 29.6 Å². The molecule has 302 valence electrons. The van der Waals surface area contributed by atoms with Crippen LogP contribution >= 0.6 is 0 Å². The van der Waals surface area contributed by atoms with Crippen LogP contribution in [-0.2, 0) is 33.9 Å². The summed E-state index contributed by atoms with van der Waals surface area (Å²) in [6, 6.07) is -1.15. The van der Waals surface area contributed by atoms with E-state index in [4.69, 9.17) is 4.74 Å². The maximum absolute atomic E-state index is 15.0. The summed E-state index contributed by atoms with van der Waals surface area (Å²) >= 11 is 0. The zero-order chi connectivity index (χ0) is 39.1. The lowest BCUT2D eigenvalue weighted by atomic mass is 9.77. The summed E-state index contributed by atoms with van der Waals surface area (Å²) in [5.41, 5.74) is -0.265. The highest BCUT2D eigenvalue weighted by Crippen LogP contribution is 2.46. The van der Waals surface area contributed by atoms with Gasteiger partial charge in [0.1, 0.15) is 17.7 Å². The van der Waals surface area contributed by atoms with Crippen molar-refractivity contribution in [2.45, 2.75) is 133 Å². The molecule has 0 radical (unpaired) electrons. The molecule has 0 aromatic heterocycles. The van der Waals surface area contributed by atoms with Crippen molar-refractivity contribution in [1.82, 2.24) is 24.7 Å². The second-order valence-corrected chi connectivity index (χ2v) is 19.4. The molecule has 2 N–H and O–H groups in total. The molecule has 3 heterocycles. The quantitative estimate of drug-likeness (QED) is 0.347. The third-order valence-electron chi connectivity index (χ3n) is 13.3. The van der Waals surface area contributed by atoms with Gasteiger partial charge in [-0.2, -0.15) is 0 Å². The number of hydrogen-bond acceptors (Lipinski definition) is 8. The van der Waals surface area contributed by atoms with Crippen molar-refractivity contribution in [3.05, 3.63) is 36.5 Å². The summed E-state index contributed by atoms with van der Waals surface area (Å²) in [6.45, 7) is 9.43. The Morgan fingerprint density at radius 2 is 1.71 bits per heavy atom. The monoisotopic (exact) mass is 781 g/mol. The summed E-state index contributed by atoms with van der Waals surface area (Å²) in [6.07, 6.45) is 16.3. The number of nitrogens with one attached hydrogen (secondary N) is 2. The van der Waals surface area contributed by atoms with Crippen LogP contribution < -0.4 is 10.0 Å². The van der Waals surface area contributed by atoms with Gasteiger partial charge in [0.2, 0.25) is 27.7 Å². The van der Waals surface area contributed by atoms with Crippen LogP contribution in [0.3, 0.4) is 0 Å². The van der Waals surface area contributed by atoms with E-state index in [0.29, 0.717) is 32.5 Å². The Bertz CT molecular complexity index is 1720. The maximum Gasteiger partial charge on any atom is 0.410 e. The molecule has 3 aliphatic heterocycles. The molecule has 2 unspecified atom stereocenters. The molecule has 0 aromatic rings. The number of fused-ring (bicyclic) bond motifs is 3. The minimum atomic E-state index is -3.89. The first-order chi connectivity index (χ1) is 26.3. The van der Waals surface area contributed by atoms with Crippen LogP contribution in [0.1, 0.15) is 104 Å². The molecule has 5 fully saturated rings. The third kappa shape index (κ3) is 8.54. The van der Waals surface area contributed by atoms with Gasteiger partial charge >= 0.3 is 6.09 Å². The minimum absolute atomic E-state index is 0.00818. The van der Waals surface area contributed by atoms with E-state index in [2.05, 4.69) is 34.8 Å². The lowest BCUT2D eigenvalue weighted by Gasteiger charge is -2.36. The van der Waals surface area contributed by atoms with Gasteiger partial charge in [0.05, 0.1) is 11.8 Å². The highest BCUT2D eigenvalue weighted by atomic mass is 32.2. The van der Waals surface area contributed by atoms with E-state index < -0.39 is 62.7 Å². The van der Waals surface area contributed by atoms with Gasteiger partial charge in [-0.3, -0.25) is 23.9 Å². The molecule has 5 bridgehead atoms. The van der Waals surface area contributed by atoms with Crippen molar-refractivity contribution in [3.63, 3.8) is 0 Å². The van der Waals surface area contributed by atoms with Crippen LogP contribution in [-0.4, -0.2) is 108 Å². The van der Waals surface area contributed by atoms with Crippen molar-refractivity contribution >= 4 is 39.7 Å². The van der Waals surface area contributed by atoms with E-state index in [0.717, 1.165) is 57.8 Å². The van der Waals surface area contributed by atoms with Gasteiger partial charge in [-0.25, -0.2) is 13.2 Å². The topological polar surface area (TPSA) is 162 Å². The first-order valence-electron chi connectivity index (χ1n) is 20.7. The Morgan fingerprint density at radius 1 is 0.982 bits per heavy atom. The molecule has 7 rings (SSSR count). The van der Waals surface area contributed by atoms with E-state index in [9.17, 15) is 32.4 Å². The number of carbonyl (C=O) groups is 5. The molecule has 0 aromatic carbocycles. The molecule has 55 heavy (non-hydrogen) atoms. The fraction of sp³-hybridized carbons (Fsp3) is 0.732. The number of nitrogens with zero attached hydrogens (tertiary/aromatic N) is 3. The lowest BCUT2D eigenvalue weighted by Crippen LogP contribution is -2.57. The molecule has 7 atom stereocenters. The molecule has 4 aliphatic carbocycles. The summed E-state index contributed by atoms with van der Waals surface area (Å²) in [4.78, 5) is 75.9. The predicted molar refractivity (Wildman–Crippen MR) is 205 cm³/mol. The Labute approximate surface area is 325 Å². The molecule has 7 aliphatic rings. The zero-order valence-corrected chi connectivity index (χ0v) is 33.3. The highest BCUT2D eigenvalue weighted by molar-refractivity contribution is 7.91. The van der Waals surface area contributed by atoms with Crippen molar-refractivity contribution < 1.29 is 37.1 Å². The highest BCUT2D eigenvalue weighted by Gasteiger charge is 2.62. The Kier molecular flexibility index (Phi) is 11.5. The summed E-state index contributed by atoms with van der Waals surface area (Å²) in [5.74, 6) is -2.68. The first kappa shape index (κ1) is 39.6. The van der Waals surface area contributed by atoms with Gasteiger partial charge in [-0.05, 0) is 71.1 Å². The van der Waals surface area contributed by atoms with E-state index >= 15 is 0 Å². The van der Waals surface area contributed by atoms with Gasteiger partial charge in [-0.15, -0.1) is 6.58 Å². The van der Waals surface area contributed by atoms with Crippen LogP contribution in [0.2, 0.25) is 0 Å². The van der Waals surface area contributed by atoms with Crippen LogP contribution in [0.15, 0.2) is 36.5 Å². The van der Waals surface area contributed by atoms with Gasteiger partial charge in [-0.1, -0.05) is 55.6 Å². The lowest BCUT2D eigenvalue weighted by molar-refractivity contribution is -0.148. The fourth-order valence-corrected chi connectivity index (χ4v) is 11.1. The number of sulfonamides is 1. The molecule has 3 saturated carbocycles. The second-order valence-electron chi connectivity index (χ2n) is 17.5. The van der Waals surface area contributed by atoms with Gasteiger partial charge in [0.25, 0.3) is 5.91 Å². The molecule has 14 heteroatoms. The van der Waals surface area contributed by atoms with Gasteiger partial charge < -0.3 is 24.8 Å². The minimum Gasteiger partial charge on any atom is -0.444 e. The molecular weight excluding hydrogens is 723 g/mol. The maximum atomic E-state index is 15.0. The number of allylic oxidation sites excluding steroid dienone is 2. The Balaban J connectivity index is 1.18. The largest absolute Gasteiger partial charge is 0.444 e. The van der Waals surface area contributed by atoms with Gasteiger partial charge in [0, 0.05) is 62.2 Å². The fourth-order valence-electron chi connectivity index (χ4n) is 9.71. The smallest absolute Gasteiger partial charge is 0.410 e. The number of ether oxygens (including phenoxy) is 1. The summed E-state index contributed by atoms with van der Waals surface area (Å²) in [5, 5.41) is 2.22. The Morgan fingerprint density at radius 3 is 2.40 bits per heavy atom. The first-order valence-corrected chi connectivity index (χ1v) is 22.3. The number of rotatable bonds is 8. The van der Waals surface area contributed by atoms with Crippen LogP contribution in [0.5, 0.6) is 0 Å². The number of amides is 5. The predicted octanol–water partition coefficient (Wildman–Crippen LogP) is 4.20. The summed E-state index contributed by atoms with van der Waals surface area (Å²) < 4.78 is 33.8. The SMILES string of the molecule is C=C[C@@H]1C[C@]1(NC(=O)[C@@H]1C[C@@H]2CN1C(=O)[C@H](C1CCCCC1)CC(=O)N(C(C)C)CCCCCC1=CC3CN(CC3C=C1)C(=O)O2)C(=O)NS(=O)(=O)C1CC1. The second kappa shape index (κ2) is 16.1. The van der Waals surface area contributed by atoms with E-state index in [1.54, 1.807) is 4.90 Å². The Hall–Kier alpha value is -3.68. The van der Waals surface area contributed by atoms with Crippen molar-refractivity contribution in [3.8, 4) is 0 Å². The zero-order valence-electron chi connectivity index (χ0n) is 32.5. The van der Waals surface area contributed by atoms with E-state index in [1.165, 1.54) is 16.5 Å². The average Bonchev–Trinajstić information content (AvgIpc) is 4.05. The van der Waals surface area contributed by atoms with Crippen molar-refractivity contribution in [2.75, 3.05) is 26.2 Å². The van der Waals surface area contributed by atoms with Crippen LogP contribution in [0.4, 0.5) is 4.79 Å². The van der Waals surface area contributed by atoms with E-state index in [1.807, 2.05) is 18.7 Å². The normalized spacial score (nSPS) is 33.7. The molecule has 0 spiro atoms. The molecular formula is C41H59N5O8S. The average molecular weight is 782 g/mol.